The molecule has 18 heavy (non-hydrogen) atoms. The molecule has 1 aromatic rings. The lowest BCUT2D eigenvalue weighted by molar-refractivity contribution is -0.137. The number of carboxylic acid groups (broad SMARTS) is 1. The second-order valence-electron chi connectivity index (χ2n) is 4.66. The zero-order valence-corrected chi connectivity index (χ0v) is 10.6. The van der Waals surface area contributed by atoms with Gasteiger partial charge in [-0.15, -0.1) is 0 Å². The van der Waals surface area contributed by atoms with Gasteiger partial charge in [0.25, 0.3) is 0 Å². The number of aryl methyl sites for hydroxylation is 1. The Morgan fingerprint density at radius 2 is 2.28 bits per heavy atom. The van der Waals surface area contributed by atoms with Crippen LogP contribution in [0.25, 0.3) is 0 Å². The van der Waals surface area contributed by atoms with Crippen molar-refractivity contribution in [1.29, 1.82) is 0 Å². The summed E-state index contributed by atoms with van der Waals surface area (Å²) in [7, 11) is 0. The number of benzene rings is 1. The van der Waals surface area contributed by atoms with Gasteiger partial charge in [0.05, 0.1) is 19.1 Å². The number of carbonyl (C=O) groups is 1. The lowest BCUT2D eigenvalue weighted by atomic mass is 10.0. The summed E-state index contributed by atoms with van der Waals surface area (Å²) in [4.78, 5) is 12.8. The SMILES string of the molecule is Cc1ccccc1C1CN(CCC(=O)O)CCO1. The average Bonchev–Trinajstić information content (AvgIpc) is 2.37. The van der Waals surface area contributed by atoms with Crippen LogP contribution in [0.3, 0.4) is 0 Å². The van der Waals surface area contributed by atoms with E-state index in [1.165, 1.54) is 11.1 Å². The third-order valence-corrected chi connectivity index (χ3v) is 3.33. The van der Waals surface area contributed by atoms with Crippen LogP contribution in [0.1, 0.15) is 23.7 Å². The third kappa shape index (κ3) is 3.31. The summed E-state index contributed by atoms with van der Waals surface area (Å²) in [5.41, 5.74) is 2.43. The molecule has 0 spiro atoms. The minimum absolute atomic E-state index is 0.0637. The molecular formula is C14H19NO3. The van der Waals surface area contributed by atoms with Crippen molar-refractivity contribution in [3.8, 4) is 0 Å². The highest BCUT2D eigenvalue weighted by Gasteiger charge is 2.23. The number of ether oxygens (including phenoxy) is 1. The van der Waals surface area contributed by atoms with E-state index in [4.69, 9.17) is 9.84 Å². The fourth-order valence-corrected chi connectivity index (χ4v) is 2.30. The van der Waals surface area contributed by atoms with E-state index in [9.17, 15) is 4.79 Å². The molecule has 0 saturated carbocycles. The predicted molar refractivity (Wildman–Crippen MR) is 68.6 cm³/mol. The molecule has 98 valence electrons. The van der Waals surface area contributed by atoms with Crippen molar-refractivity contribution in [3.05, 3.63) is 35.4 Å². The molecule has 0 amide bonds. The van der Waals surface area contributed by atoms with Crippen molar-refractivity contribution in [2.45, 2.75) is 19.4 Å². The Bertz CT molecular complexity index is 419. The van der Waals surface area contributed by atoms with E-state index < -0.39 is 5.97 Å². The molecule has 1 aliphatic rings. The molecule has 1 atom stereocenters. The highest BCUT2D eigenvalue weighted by Crippen LogP contribution is 2.24. The largest absolute Gasteiger partial charge is 0.481 e. The molecular weight excluding hydrogens is 230 g/mol. The van der Waals surface area contributed by atoms with Gasteiger partial charge in [-0.25, -0.2) is 0 Å². The van der Waals surface area contributed by atoms with Crippen LogP contribution in [0.5, 0.6) is 0 Å². The van der Waals surface area contributed by atoms with Crippen molar-refractivity contribution in [3.63, 3.8) is 0 Å². The first-order valence-corrected chi connectivity index (χ1v) is 6.28. The molecule has 4 nitrogen and oxygen atoms in total. The van der Waals surface area contributed by atoms with Gasteiger partial charge in [0, 0.05) is 19.6 Å². The molecule has 1 unspecified atom stereocenters. The molecule has 1 fully saturated rings. The van der Waals surface area contributed by atoms with Crippen LogP contribution in [0.4, 0.5) is 0 Å². The number of rotatable bonds is 4. The van der Waals surface area contributed by atoms with Crippen LogP contribution < -0.4 is 0 Å². The molecule has 2 rings (SSSR count). The topological polar surface area (TPSA) is 49.8 Å². The summed E-state index contributed by atoms with van der Waals surface area (Å²) in [5.74, 6) is -0.742. The number of carboxylic acids is 1. The summed E-state index contributed by atoms with van der Waals surface area (Å²) in [6.07, 6.45) is 0.259. The highest BCUT2D eigenvalue weighted by molar-refractivity contribution is 5.66. The lowest BCUT2D eigenvalue weighted by Gasteiger charge is -2.33. The first kappa shape index (κ1) is 13.1. The molecule has 0 aliphatic carbocycles. The van der Waals surface area contributed by atoms with Crippen molar-refractivity contribution in [2.75, 3.05) is 26.2 Å². The van der Waals surface area contributed by atoms with Crippen LogP contribution in [0.2, 0.25) is 0 Å². The van der Waals surface area contributed by atoms with Gasteiger partial charge in [0.15, 0.2) is 0 Å². The van der Waals surface area contributed by atoms with Gasteiger partial charge >= 0.3 is 5.97 Å². The predicted octanol–water partition coefficient (Wildman–Crippen LogP) is 1.84. The Morgan fingerprint density at radius 1 is 1.50 bits per heavy atom. The van der Waals surface area contributed by atoms with Crippen molar-refractivity contribution in [1.82, 2.24) is 4.90 Å². The zero-order chi connectivity index (χ0) is 13.0. The zero-order valence-electron chi connectivity index (χ0n) is 10.6. The maximum absolute atomic E-state index is 10.6. The molecule has 0 bridgehead atoms. The second-order valence-corrected chi connectivity index (χ2v) is 4.66. The standard InChI is InChI=1S/C14H19NO3/c1-11-4-2-3-5-12(11)13-10-15(8-9-18-13)7-6-14(16)17/h2-5,13H,6-10H2,1H3,(H,16,17). The van der Waals surface area contributed by atoms with Crippen LogP contribution in [0.15, 0.2) is 24.3 Å². The second kappa shape index (κ2) is 5.98. The molecule has 0 radical (unpaired) electrons. The van der Waals surface area contributed by atoms with E-state index >= 15 is 0 Å². The van der Waals surface area contributed by atoms with E-state index in [0.717, 1.165) is 13.1 Å². The van der Waals surface area contributed by atoms with Crippen LogP contribution >= 0.6 is 0 Å². The number of nitrogens with zero attached hydrogens (tertiary/aromatic N) is 1. The summed E-state index contributed by atoms with van der Waals surface area (Å²) < 4.78 is 5.79. The van der Waals surface area contributed by atoms with Crippen LogP contribution in [-0.4, -0.2) is 42.2 Å². The lowest BCUT2D eigenvalue weighted by Crippen LogP contribution is -2.39. The smallest absolute Gasteiger partial charge is 0.304 e. The average molecular weight is 249 g/mol. The first-order chi connectivity index (χ1) is 8.66. The Morgan fingerprint density at radius 3 is 3.00 bits per heavy atom. The Balaban J connectivity index is 1.98. The molecule has 4 heteroatoms. The highest BCUT2D eigenvalue weighted by atomic mass is 16.5. The van der Waals surface area contributed by atoms with Gasteiger partial charge < -0.3 is 9.84 Å². The summed E-state index contributed by atoms with van der Waals surface area (Å²) >= 11 is 0. The summed E-state index contributed by atoms with van der Waals surface area (Å²) in [5, 5.41) is 8.71. The van der Waals surface area contributed by atoms with Gasteiger partial charge in [0.1, 0.15) is 0 Å². The number of hydrogen-bond donors (Lipinski definition) is 1. The van der Waals surface area contributed by atoms with Crippen molar-refractivity contribution < 1.29 is 14.6 Å². The van der Waals surface area contributed by atoms with Crippen LogP contribution in [0, 0.1) is 6.92 Å². The van der Waals surface area contributed by atoms with E-state index in [0.29, 0.717) is 13.2 Å². The minimum atomic E-state index is -0.742. The molecule has 0 aromatic heterocycles. The Kier molecular flexibility index (Phi) is 4.33. The monoisotopic (exact) mass is 249 g/mol. The van der Waals surface area contributed by atoms with E-state index in [2.05, 4.69) is 24.0 Å². The van der Waals surface area contributed by atoms with Crippen molar-refractivity contribution >= 4 is 5.97 Å². The van der Waals surface area contributed by atoms with Gasteiger partial charge in [-0.05, 0) is 18.1 Å². The summed E-state index contributed by atoms with van der Waals surface area (Å²) in [6, 6.07) is 8.20. The number of morpholine rings is 1. The van der Waals surface area contributed by atoms with Gasteiger partial charge in [-0.1, -0.05) is 24.3 Å². The quantitative estimate of drug-likeness (QED) is 0.884. The molecule has 1 aromatic carbocycles. The fraction of sp³-hybridized carbons (Fsp3) is 0.500. The third-order valence-electron chi connectivity index (χ3n) is 3.33. The Labute approximate surface area is 107 Å². The fourth-order valence-electron chi connectivity index (χ4n) is 2.30. The van der Waals surface area contributed by atoms with E-state index in [1.807, 2.05) is 12.1 Å². The molecule has 1 saturated heterocycles. The van der Waals surface area contributed by atoms with E-state index in [-0.39, 0.29) is 12.5 Å². The van der Waals surface area contributed by atoms with Gasteiger partial charge in [-0.2, -0.15) is 0 Å². The number of hydrogen-bond acceptors (Lipinski definition) is 3. The van der Waals surface area contributed by atoms with Gasteiger partial charge in [0.2, 0.25) is 0 Å². The van der Waals surface area contributed by atoms with E-state index in [1.54, 1.807) is 0 Å². The van der Waals surface area contributed by atoms with Crippen LogP contribution in [-0.2, 0) is 9.53 Å². The maximum Gasteiger partial charge on any atom is 0.304 e. The Hall–Kier alpha value is -1.39. The van der Waals surface area contributed by atoms with Crippen molar-refractivity contribution in [2.24, 2.45) is 0 Å². The summed E-state index contributed by atoms with van der Waals surface area (Å²) in [6.45, 7) is 4.93. The molecule has 1 N–H and O–H groups in total. The molecule has 1 heterocycles. The normalized spacial score (nSPS) is 20.8. The first-order valence-electron chi connectivity index (χ1n) is 6.28. The van der Waals surface area contributed by atoms with Gasteiger partial charge in [-0.3, -0.25) is 9.69 Å². The minimum Gasteiger partial charge on any atom is -0.481 e. The maximum atomic E-state index is 10.6. The number of aliphatic carboxylic acids is 1. The molecule has 1 aliphatic heterocycles.